The van der Waals surface area contributed by atoms with E-state index in [0.717, 1.165) is 23.0 Å². The van der Waals surface area contributed by atoms with Gasteiger partial charge in [0.1, 0.15) is 10.4 Å². The third-order valence-corrected chi connectivity index (χ3v) is 4.01. The van der Waals surface area contributed by atoms with Gasteiger partial charge in [-0.15, -0.1) is 10.2 Å². The van der Waals surface area contributed by atoms with E-state index in [0.29, 0.717) is 12.2 Å². The molecule has 0 radical (unpaired) electrons. The number of aromatic amines is 1. The first-order valence-electron chi connectivity index (χ1n) is 6.96. The minimum Gasteiger partial charge on any atom is -0.300 e. The van der Waals surface area contributed by atoms with Crippen LogP contribution in [0.25, 0.3) is 0 Å². The Morgan fingerprint density at radius 1 is 1.43 bits per heavy atom. The fourth-order valence-electron chi connectivity index (χ4n) is 2.52. The highest BCUT2D eigenvalue weighted by Gasteiger charge is 2.29. The number of carbonyl (C=O) groups is 1. The summed E-state index contributed by atoms with van der Waals surface area (Å²) in [5.74, 6) is 0.573. The molecule has 6 nitrogen and oxygen atoms in total. The fourth-order valence-corrected chi connectivity index (χ4v) is 2.75. The number of Topliss-reactive ketones (excluding diaryl/α,β-unsaturated/α-hetero) is 1. The number of carbonyl (C=O) groups excluding carboxylic acids is 1. The maximum absolute atomic E-state index is 12.0. The van der Waals surface area contributed by atoms with Gasteiger partial charge >= 0.3 is 0 Å². The van der Waals surface area contributed by atoms with Gasteiger partial charge in [-0.05, 0) is 47.3 Å². The Bertz CT molecular complexity index is 570. The normalized spacial score (nSPS) is 13.9. The van der Waals surface area contributed by atoms with Crippen molar-refractivity contribution in [1.29, 1.82) is 0 Å². The van der Waals surface area contributed by atoms with Crippen LogP contribution in [0.15, 0.2) is 22.9 Å². The van der Waals surface area contributed by atoms with Gasteiger partial charge in [0.15, 0.2) is 5.82 Å². The van der Waals surface area contributed by atoms with Crippen molar-refractivity contribution in [3.05, 3.63) is 34.3 Å². The second kappa shape index (κ2) is 7.40. The molecule has 0 amide bonds. The van der Waals surface area contributed by atoms with Crippen LogP contribution in [-0.2, 0) is 11.2 Å². The maximum Gasteiger partial charge on any atom is 0.178 e. The number of tetrazole rings is 1. The summed E-state index contributed by atoms with van der Waals surface area (Å²) in [5, 5.41) is 14.3. The summed E-state index contributed by atoms with van der Waals surface area (Å²) >= 11 is 3.32. The van der Waals surface area contributed by atoms with Crippen LogP contribution in [0, 0.1) is 5.92 Å². The van der Waals surface area contributed by atoms with Gasteiger partial charge in [0, 0.05) is 18.0 Å². The SMILES string of the molecule is CCC[C@H](C(C)=O)[C@H](Cc1ccc(Br)nc1)c1nn[nH]n1. The number of nitrogens with zero attached hydrogens (tertiary/aromatic N) is 4. The molecule has 2 rings (SSSR count). The highest BCUT2D eigenvalue weighted by atomic mass is 79.9. The predicted molar refractivity (Wildman–Crippen MR) is 81.6 cm³/mol. The summed E-state index contributed by atoms with van der Waals surface area (Å²) < 4.78 is 0.791. The van der Waals surface area contributed by atoms with Gasteiger partial charge in [-0.2, -0.15) is 5.21 Å². The van der Waals surface area contributed by atoms with Crippen molar-refractivity contribution in [3.8, 4) is 0 Å². The predicted octanol–water partition coefficient (Wildman–Crippen LogP) is 2.69. The first-order valence-corrected chi connectivity index (χ1v) is 7.75. The molecule has 0 saturated carbocycles. The monoisotopic (exact) mass is 351 g/mol. The van der Waals surface area contributed by atoms with E-state index in [4.69, 9.17) is 0 Å². The highest BCUT2D eigenvalue weighted by Crippen LogP contribution is 2.30. The Labute approximate surface area is 131 Å². The number of ketones is 1. The molecule has 0 aliphatic carbocycles. The molecule has 2 heterocycles. The van der Waals surface area contributed by atoms with Crippen molar-refractivity contribution in [1.82, 2.24) is 25.6 Å². The Morgan fingerprint density at radius 3 is 2.76 bits per heavy atom. The zero-order chi connectivity index (χ0) is 15.2. The number of H-pyrrole nitrogens is 1. The van der Waals surface area contributed by atoms with Crippen molar-refractivity contribution in [2.75, 3.05) is 0 Å². The maximum atomic E-state index is 12.0. The van der Waals surface area contributed by atoms with Gasteiger partial charge < -0.3 is 0 Å². The number of rotatable bonds is 7. The van der Waals surface area contributed by atoms with Crippen molar-refractivity contribution < 1.29 is 4.79 Å². The first kappa shape index (κ1) is 15.8. The summed E-state index contributed by atoms with van der Waals surface area (Å²) in [6.07, 6.45) is 4.24. The van der Waals surface area contributed by atoms with Crippen LogP contribution in [-0.4, -0.2) is 31.4 Å². The molecule has 7 heteroatoms. The second-order valence-corrected chi connectivity index (χ2v) is 5.89. The molecule has 0 aliphatic heterocycles. The Balaban J connectivity index is 2.27. The number of hydrogen-bond donors (Lipinski definition) is 1. The quantitative estimate of drug-likeness (QED) is 0.775. The van der Waals surface area contributed by atoms with Crippen molar-refractivity contribution >= 4 is 21.7 Å². The smallest absolute Gasteiger partial charge is 0.178 e. The van der Waals surface area contributed by atoms with Crippen LogP contribution < -0.4 is 0 Å². The third kappa shape index (κ3) is 4.17. The molecule has 2 aromatic heterocycles. The molecule has 0 fully saturated rings. The number of pyridine rings is 1. The summed E-state index contributed by atoms with van der Waals surface area (Å²) in [4.78, 5) is 16.2. The average Bonchev–Trinajstić information content (AvgIpc) is 2.98. The Morgan fingerprint density at radius 2 is 2.24 bits per heavy atom. The Hall–Kier alpha value is -1.63. The molecular weight excluding hydrogens is 334 g/mol. The van der Waals surface area contributed by atoms with Gasteiger partial charge in [-0.3, -0.25) is 4.79 Å². The van der Waals surface area contributed by atoms with E-state index in [1.165, 1.54) is 0 Å². The molecule has 0 unspecified atom stereocenters. The molecule has 1 N–H and O–H groups in total. The summed E-state index contributed by atoms with van der Waals surface area (Å²) in [7, 11) is 0. The van der Waals surface area contributed by atoms with Gasteiger partial charge in [-0.25, -0.2) is 4.98 Å². The lowest BCUT2D eigenvalue weighted by atomic mass is 9.81. The number of halogens is 1. The van der Waals surface area contributed by atoms with E-state index in [2.05, 4.69) is 48.5 Å². The van der Waals surface area contributed by atoms with E-state index in [9.17, 15) is 4.79 Å². The molecular formula is C14H18BrN5O. The largest absolute Gasteiger partial charge is 0.300 e. The average molecular weight is 352 g/mol. The lowest BCUT2D eigenvalue weighted by Gasteiger charge is -2.22. The second-order valence-electron chi connectivity index (χ2n) is 5.08. The summed E-state index contributed by atoms with van der Waals surface area (Å²) in [5.41, 5.74) is 1.05. The van der Waals surface area contributed by atoms with Crippen LogP contribution >= 0.6 is 15.9 Å². The van der Waals surface area contributed by atoms with E-state index >= 15 is 0 Å². The number of hydrogen-bond acceptors (Lipinski definition) is 5. The van der Waals surface area contributed by atoms with E-state index in [-0.39, 0.29) is 17.6 Å². The molecule has 2 aromatic rings. The molecule has 0 aromatic carbocycles. The molecule has 0 spiro atoms. The van der Waals surface area contributed by atoms with Crippen molar-refractivity contribution in [2.24, 2.45) is 5.92 Å². The lowest BCUT2D eigenvalue weighted by molar-refractivity contribution is -0.121. The van der Waals surface area contributed by atoms with Gasteiger partial charge in [0.25, 0.3) is 0 Å². The molecule has 0 bridgehead atoms. The minimum absolute atomic E-state index is 0.0795. The molecule has 0 saturated heterocycles. The topological polar surface area (TPSA) is 84.4 Å². The van der Waals surface area contributed by atoms with Crippen LogP contribution in [0.3, 0.4) is 0 Å². The van der Waals surface area contributed by atoms with Crippen LogP contribution in [0.2, 0.25) is 0 Å². The Kier molecular flexibility index (Phi) is 5.55. The number of aromatic nitrogens is 5. The van der Waals surface area contributed by atoms with Crippen molar-refractivity contribution in [3.63, 3.8) is 0 Å². The van der Waals surface area contributed by atoms with Crippen LogP contribution in [0.1, 0.15) is 44.0 Å². The van der Waals surface area contributed by atoms with Crippen LogP contribution in [0.4, 0.5) is 0 Å². The van der Waals surface area contributed by atoms with Gasteiger partial charge in [0.05, 0.1) is 0 Å². The number of nitrogens with one attached hydrogen (secondary N) is 1. The van der Waals surface area contributed by atoms with E-state index in [1.54, 1.807) is 13.1 Å². The van der Waals surface area contributed by atoms with Crippen molar-refractivity contribution in [2.45, 2.75) is 39.0 Å². The first-order chi connectivity index (χ1) is 10.1. The molecule has 112 valence electrons. The fraction of sp³-hybridized carbons (Fsp3) is 0.500. The van der Waals surface area contributed by atoms with E-state index in [1.807, 2.05) is 12.1 Å². The highest BCUT2D eigenvalue weighted by molar-refractivity contribution is 9.10. The standard InChI is InChI=1S/C14H18BrN5O/c1-3-4-11(9(2)21)12(14-17-19-20-18-14)7-10-5-6-13(15)16-8-10/h5-6,8,11-12H,3-4,7H2,1-2H3,(H,17,18,19,20)/t11-,12+/m1/s1. The van der Waals surface area contributed by atoms with E-state index < -0.39 is 0 Å². The minimum atomic E-state index is -0.101. The summed E-state index contributed by atoms with van der Waals surface area (Å²) in [6, 6.07) is 3.89. The molecule has 2 atom stereocenters. The van der Waals surface area contributed by atoms with Gasteiger partial charge in [0.2, 0.25) is 0 Å². The molecule has 21 heavy (non-hydrogen) atoms. The zero-order valence-corrected chi connectivity index (χ0v) is 13.7. The van der Waals surface area contributed by atoms with Gasteiger partial charge in [-0.1, -0.05) is 24.6 Å². The summed E-state index contributed by atoms with van der Waals surface area (Å²) in [6.45, 7) is 3.71. The molecule has 0 aliphatic rings. The third-order valence-electron chi connectivity index (χ3n) is 3.55. The zero-order valence-electron chi connectivity index (χ0n) is 12.1. The lowest BCUT2D eigenvalue weighted by Crippen LogP contribution is -2.23. The van der Waals surface area contributed by atoms with Crippen LogP contribution in [0.5, 0.6) is 0 Å².